The van der Waals surface area contributed by atoms with Gasteiger partial charge in [0.15, 0.2) is 0 Å². The molecule has 0 aliphatic carbocycles. The fourth-order valence-electron chi connectivity index (χ4n) is 3.04. The molecule has 0 aliphatic rings. The maximum atomic E-state index is 13.2. The third-order valence-corrected chi connectivity index (χ3v) is 6.10. The van der Waals surface area contributed by atoms with Crippen molar-refractivity contribution in [1.29, 1.82) is 0 Å². The average molecular weight is 448 g/mol. The Bertz CT molecular complexity index is 978. The van der Waals surface area contributed by atoms with E-state index in [0.29, 0.717) is 5.75 Å². The summed E-state index contributed by atoms with van der Waals surface area (Å²) < 4.78 is 31.0. The highest BCUT2D eigenvalue weighted by molar-refractivity contribution is 7.88. The van der Waals surface area contributed by atoms with Gasteiger partial charge in [-0.05, 0) is 30.2 Å². The SMILES string of the molecule is CNC(=O)[C@@H](C)N(Cc1ccc(OC)cc1)C(=O)CN(Cc1ccccc1)S(C)(=O)=O. The zero-order chi connectivity index (χ0) is 23.0. The number of methoxy groups -OCH3 is 1. The lowest BCUT2D eigenvalue weighted by Gasteiger charge is -2.30. The van der Waals surface area contributed by atoms with Gasteiger partial charge in [-0.15, -0.1) is 0 Å². The van der Waals surface area contributed by atoms with Gasteiger partial charge in [0.2, 0.25) is 21.8 Å². The van der Waals surface area contributed by atoms with E-state index < -0.39 is 22.0 Å². The lowest BCUT2D eigenvalue weighted by Crippen LogP contribution is -2.50. The fourth-order valence-corrected chi connectivity index (χ4v) is 3.77. The minimum absolute atomic E-state index is 0.0656. The Morgan fingerprint density at radius 1 is 1.00 bits per heavy atom. The number of amides is 2. The van der Waals surface area contributed by atoms with Crippen LogP contribution in [-0.4, -0.2) is 62.4 Å². The quantitative estimate of drug-likeness (QED) is 0.597. The van der Waals surface area contributed by atoms with Crippen molar-refractivity contribution in [3.63, 3.8) is 0 Å². The number of benzene rings is 2. The zero-order valence-corrected chi connectivity index (χ0v) is 19.1. The first-order chi connectivity index (χ1) is 14.7. The summed E-state index contributed by atoms with van der Waals surface area (Å²) in [5, 5.41) is 2.54. The van der Waals surface area contributed by atoms with E-state index in [1.54, 1.807) is 62.6 Å². The van der Waals surface area contributed by atoms with Gasteiger partial charge in [0.25, 0.3) is 0 Å². The molecule has 168 valence electrons. The molecular formula is C22H29N3O5S. The molecule has 0 saturated carbocycles. The normalized spacial score (nSPS) is 12.3. The van der Waals surface area contributed by atoms with Gasteiger partial charge in [0, 0.05) is 20.1 Å². The zero-order valence-electron chi connectivity index (χ0n) is 18.2. The Balaban J connectivity index is 2.27. The largest absolute Gasteiger partial charge is 0.497 e. The van der Waals surface area contributed by atoms with Crippen molar-refractivity contribution < 1.29 is 22.7 Å². The van der Waals surface area contributed by atoms with E-state index in [1.165, 1.54) is 11.9 Å². The second-order valence-corrected chi connectivity index (χ2v) is 9.16. The molecule has 0 aliphatic heterocycles. The number of sulfonamides is 1. The summed E-state index contributed by atoms with van der Waals surface area (Å²) in [6, 6.07) is 15.4. The molecule has 0 spiro atoms. The van der Waals surface area contributed by atoms with Crippen LogP contribution in [0.3, 0.4) is 0 Å². The molecule has 2 rings (SSSR count). The molecule has 1 N–H and O–H groups in total. The molecular weight excluding hydrogens is 418 g/mol. The molecule has 0 saturated heterocycles. The second-order valence-electron chi connectivity index (χ2n) is 7.18. The van der Waals surface area contributed by atoms with Crippen LogP contribution in [0.5, 0.6) is 5.75 Å². The predicted molar refractivity (Wildman–Crippen MR) is 119 cm³/mol. The van der Waals surface area contributed by atoms with Crippen LogP contribution in [0.1, 0.15) is 18.1 Å². The van der Waals surface area contributed by atoms with E-state index in [4.69, 9.17) is 4.74 Å². The summed E-state index contributed by atoms with van der Waals surface area (Å²) in [6.45, 7) is 1.46. The van der Waals surface area contributed by atoms with Gasteiger partial charge in [-0.25, -0.2) is 8.42 Å². The number of nitrogens with zero attached hydrogens (tertiary/aromatic N) is 2. The summed E-state index contributed by atoms with van der Waals surface area (Å²) in [6.07, 6.45) is 1.07. The smallest absolute Gasteiger partial charge is 0.242 e. The highest BCUT2D eigenvalue weighted by Gasteiger charge is 2.29. The van der Waals surface area contributed by atoms with Crippen LogP contribution >= 0.6 is 0 Å². The van der Waals surface area contributed by atoms with Gasteiger partial charge in [-0.1, -0.05) is 42.5 Å². The Morgan fingerprint density at radius 2 is 1.58 bits per heavy atom. The average Bonchev–Trinajstić information content (AvgIpc) is 2.76. The number of carbonyl (C=O) groups is 2. The summed E-state index contributed by atoms with van der Waals surface area (Å²) in [5.74, 6) is -0.129. The number of carbonyl (C=O) groups excluding carboxylic acids is 2. The lowest BCUT2D eigenvalue weighted by atomic mass is 10.1. The molecule has 8 nitrogen and oxygen atoms in total. The number of hydrogen-bond donors (Lipinski definition) is 1. The van der Waals surface area contributed by atoms with Crippen molar-refractivity contribution in [3.05, 3.63) is 65.7 Å². The first kappa shape index (κ1) is 24.4. The first-order valence-electron chi connectivity index (χ1n) is 9.78. The number of rotatable bonds is 10. The lowest BCUT2D eigenvalue weighted by molar-refractivity contribution is -0.140. The third kappa shape index (κ3) is 7.08. The van der Waals surface area contributed by atoms with E-state index in [2.05, 4.69) is 5.32 Å². The van der Waals surface area contributed by atoms with Crippen molar-refractivity contribution in [3.8, 4) is 5.75 Å². The molecule has 1 atom stereocenters. The number of likely N-dealkylation sites (N-methyl/N-ethyl adjacent to an activating group) is 1. The maximum absolute atomic E-state index is 13.2. The minimum atomic E-state index is -3.66. The summed E-state index contributed by atoms with van der Waals surface area (Å²) in [4.78, 5) is 26.8. The third-order valence-electron chi connectivity index (χ3n) is 4.91. The van der Waals surface area contributed by atoms with Gasteiger partial charge in [-0.2, -0.15) is 4.31 Å². The first-order valence-corrected chi connectivity index (χ1v) is 11.6. The van der Waals surface area contributed by atoms with Crippen molar-refractivity contribution in [2.24, 2.45) is 0 Å². The molecule has 0 fully saturated rings. The molecule has 0 unspecified atom stereocenters. The minimum Gasteiger partial charge on any atom is -0.497 e. The number of ether oxygens (including phenoxy) is 1. The predicted octanol–water partition coefficient (Wildman–Crippen LogP) is 1.62. The van der Waals surface area contributed by atoms with E-state index in [0.717, 1.165) is 21.7 Å². The Morgan fingerprint density at radius 3 is 2.10 bits per heavy atom. The van der Waals surface area contributed by atoms with Crippen LogP contribution in [0, 0.1) is 0 Å². The van der Waals surface area contributed by atoms with E-state index in [-0.39, 0.29) is 25.5 Å². The Labute approximate surface area is 183 Å². The molecule has 2 amide bonds. The summed E-state index contributed by atoms with van der Waals surface area (Å²) in [5.41, 5.74) is 1.56. The van der Waals surface area contributed by atoms with Crippen LogP contribution < -0.4 is 10.1 Å². The summed E-state index contributed by atoms with van der Waals surface area (Å²) in [7, 11) is -0.603. The Kier molecular flexibility index (Phi) is 8.58. The van der Waals surface area contributed by atoms with Crippen molar-refractivity contribution >= 4 is 21.8 Å². The molecule has 0 radical (unpaired) electrons. The van der Waals surface area contributed by atoms with Gasteiger partial charge >= 0.3 is 0 Å². The van der Waals surface area contributed by atoms with Gasteiger partial charge in [0.05, 0.1) is 19.9 Å². The highest BCUT2D eigenvalue weighted by atomic mass is 32.2. The van der Waals surface area contributed by atoms with Crippen LogP contribution in [-0.2, 0) is 32.7 Å². The molecule has 2 aromatic rings. The standard InChI is InChI=1S/C22H29N3O5S/c1-17(22(27)23-2)25(15-19-10-12-20(30-3)13-11-19)21(26)16-24(31(4,28)29)14-18-8-6-5-7-9-18/h5-13,17H,14-16H2,1-4H3,(H,23,27)/t17-/m1/s1. The van der Waals surface area contributed by atoms with Gasteiger partial charge < -0.3 is 15.0 Å². The van der Waals surface area contributed by atoms with Crippen LogP contribution in [0.2, 0.25) is 0 Å². The van der Waals surface area contributed by atoms with Crippen molar-refractivity contribution in [2.45, 2.75) is 26.1 Å². The van der Waals surface area contributed by atoms with E-state index >= 15 is 0 Å². The molecule has 0 heterocycles. The van der Waals surface area contributed by atoms with E-state index in [9.17, 15) is 18.0 Å². The topological polar surface area (TPSA) is 96.0 Å². The molecule has 0 aromatic heterocycles. The maximum Gasteiger partial charge on any atom is 0.242 e. The second kappa shape index (κ2) is 10.9. The number of nitrogens with one attached hydrogen (secondary N) is 1. The van der Waals surface area contributed by atoms with Crippen molar-refractivity contribution in [1.82, 2.24) is 14.5 Å². The van der Waals surface area contributed by atoms with Gasteiger partial charge in [0.1, 0.15) is 11.8 Å². The highest BCUT2D eigenvalue weighted by Crippen LogP contribution is 2.16. The molecule has 31 heavy (non-hydrogen) atoms. The summed E-state index contributed by atoms with van der Waals surface area (Å²) >= 11 is 0. The van der Waals surface area contributed by atoms with Crippen LogP contribution in [0.15, 0.2) is 54.6 Å². The van der Waals surface area contributed by atoms with Crippen molar-refractivity contribution in [2.75, 3.05) is 27.0 Å². The Hall–Kier alpha value is -2.91. The van der Waals surface area contributed by atoms with E-state index in [1.807, 2.05) is 6.07 Å². The van der Waals surface area contributed by atoms with Crippen LogP contribution in [0.4, 0.5) is 0 Å². The van der Waals surface area contributed by atoms with Gasteiger partial charge in [-0.3, -0.25) is 9.59 Å². The fraction of sp³-hybridized carbons (Fsp3) is 0.364. The number of hydrogen-bond acceptors (Lipinski definition) is 5. The molecule has 0 bridgehead atoms. The monoisotopic (exact) mass is 447 g/mol. The van der Waals surface area contributed by atoms with Crippen LogP contribution in [0.25, 0.3) is 0 Å². The molecule has 2 aromatic carbocycles. The molecule has 9 heteroatoms.